The van der Waals surface area contributed by atoms with Crippen LogP contribution in [0.15, 0.2) is 30.3 Å². The molecule has 0 spiro atoms. The van der Waals surface area contributed by atoms with Crippen LogP contribution in [0, 0.1) is 13.8 Å². The largest absolute Gasteiger partial charge is 0.369 e. The molecule has 0 unspecified atom stereocenters. The first-order chi connectivity index (χ1) is 11.1. The maximum absolute atomic E-state index is 12.3. The minimum atomic E-state index is -0.247. The molecule has 5 nitrogen and oxygen atoms in total. The lowest BCUT2D eigenvalue weighted by Crippen LogP contribution is -2.15. The second kappa shape index (κ2) is 8.27. The monoisotopic (exact) mass is 312 g/mol. The molecule has 0 fully saturated rings. The molecule has 2 rings (SSSR count). The van der Waals surface area contributed by atoms with Crippen molar-refractivity contribution in [2.45, 2.75) is 40.0 Å². The number of aryl methyl sites for hydroxylation is 2. The van der Waals surface area contributed by atoms with Gasteiger partial charge in [-0.15, -0.1) is 10.2 Å². The van der Waals surface area contributed by atoms with Crippen molar-refractivity contribution in [1.82, 2.24) is 10.2 Å². The Morgan fingerprint density at radius 2 is 1.91 bits per heavy atom. The summed E-state index contributed by atoms with van der Waals surface area (Å²) in [6.45, 7) is 7.00. The summed E-state index contributed by atoms with van der Waals surface area (Å²) in [6, 6.07) is 9.43. The minimum absolute atomic E-state index is 0.247. The first-order valence-corrected chi connectivity index (χ1v) is 8.06. The van der Waals surface area contributed by atoms with Gasteiger partial charge in [-0.25, -0.2) is 0 Å². The van der Waals surface area contributed by atoms with E-state index in [1.807, 2.05) is 32.0 Å². The SMILES string of the molecule is CCCCCNc1ccc(C(=O)Nc2cc(C)ccc2C)nn1. The van der Waals surface area contributed by atoms with Crippen LogP contribution < -0.4 is 10.6 Å². The quantitative estimate of drug-likeness (QED) is 0.760. The summed E-state index contributed by atoms with van der Waals surface area (Å²) in [5.41, 5.74) is 3.23. The Labute approximate surface area is 137 Å². The molecule has 0 saturated heterocycles. The first-order valence-electron chi connectivity index (χ1n) is 8.06. The number of unbranched alkanes of at least 4 members (excludes halogenated alkanes) is 2. The van der Waals surface area contributed by atoms with Gasteiger partial charge in [-0.2, -0.15) is 0 Å². The van der Waals surface area contributed by atoms with E-state index in [4.69, 9.17) is 0 Å². The van der Waals surface area contributed by atoms with Gasteiger partial charge in [0.1, 0.15) is 5.82 Å². The predicted molar refractivity (Wildman–Crippen MR) is 93.9 cm³/mol. The van der Waals surface area contributed by atoms with Gasteiger partial charge in [0.25, 0.3) is 5.91 Å². The summed E-state index contributed by atoms with van der Waals surface area (Å²) in [5.74, 6) is 0.452. The fraction of sp³-hybridized carbons (Fsp3) is 0.389. The van der Waals surface area contributed by atoms with Crippen LogP contribution >= 0.6 is 0 Å². The van der Waals surface area contributed by atoms with Crippen LogP contribution in [-0.2, 0) is 0 Å². The fourth-order valence-electron chi connectivity index (χ4n) is 2.20. The third-order valence-electron chi connectivity index (χ3n) is 3.62. The summed E-state index contributed by atoms with van der Waals surface area (Å²) in [6.07, 6.45) is 3.48. The Morgan fingerprint density at radius 3 is 2.61 bits per heavy atom. The molecule has 0 radical (unpaired) electrons. The lowest BCUT2D eigenvalue weighted by atomic mass is 10.1. The summed E-state index contributed by atoms with van der Waals surface area (Å²) in [7, 11) is 0. The van der Waals surface area contributed by atoms with Gasteiger partial charge in [0.15, 0.2) is 5.69 Å². The smallest absolute Gasteiger partial charge is 0.276 e. The molecule has 0 bridgehead atoms. The standard InChI is InChI=1S/C18H24N4O/c1-4-5-6-11-19-17-10-9-15(21-22-17)18(23)20-16-12-13(2)7-8-14(16)3/h7-10,12H,4-6,11H2,1-3H3,(H,19,22)(H,20,23). The van der Waals surface area contributed by atoms with Crippen molar-refractivity contribution in [2.24, 2.45) is 0 Å². The summed E-state index contributed by atoms with van der Waals surface area (Å²) >= 11 is 0. The van der Waals surface area contributed by atoms with Crippen molar-refractivity contribution in [3.8, 4) is 0 Å². The molecule has 0 aliphatic heterocycles. The molecule has 122 valence electrons. The first kappa shape index (κ1) is 16.9. The van der Waals surface area contributed by atoms with E-state index in [9.17, 15) is 4.79 Å². The zero-order valence-electron chi connectivity index (χ0n) is 14.0. The van der Waals surface area contributed by atoms with Crippen molar-refractivity contribution < 1.29 is 4.79 Å². The molecule has 1 aromatic heterocycles. The van der Waals surface area contributed by atoms with Gasteiger partial charge in [0.2, 0.25) is 0 Å². The molecule has 0 saturated carbocycles. The number of rotatable bonds is 7. The highest BCUT2D eigenvalue weighted by Gasteiger charge is 2.10. The van der Waals surface area contributed by atoms with Crippen LogP contribution in [0.3, 0.4) is 0 Å². The van der Waals surface area contributed by atoms with Crippen LogP contribution in [0.1, 0.15) is 47.8 Å². The number of benzene rings is 1. The Balaban J connectivity index is 1.96. The molecule has 0 aliphatic rings. The number of nitrogens with zero attached hydrogens (tertiary/aromatic N) is 2. The average Bonchev–Trinajstić information content (AvgIpc) is 2.55. The van der Waals surface area contributed by atoms with E-state index in [0.29, 0.717) is 11.5 Å². The van der Waals surface area contributed by atoms with Crippen LogP contribution in [0.4, 0.5) is 11.5 Å². The maximum Gasteiger partial charge on any atom is 0.276 e. The molecule has 0 aliphatic carbocycles. The highest BCUT2D eigenvalue weighted by Crippen LogP contribution is 2.17. The van der Waals surface area contributed by atoms with Crippen LogP contribution in [-0.4, -0.2) is 22.6 Å². The highest BCUT2D eigenvalue weighted by atomic mass is 16.1. The molecular formula is C18H24N4O. The van der Waals surface area contributed by atoms with Gasteiger partial charge in [-0.1, -0.05) is 31.9 Å². The fourth-order valence-corrected chi connectivity index (χ4v) is 2.20. The number of amides is 1. The Kier molecular flexibility index (Phi) is 6.09. The van der Waals surface area contributed by atoms with E-state index in [1.54, 1.807) is 12.1 Å². The third-order valence-corrected chi connectivity index (χ3v) is 3.62. The van der Waals surface area contributed by atoms with E-state index < -0.39 is 0 Å². The molecular weight excluding hydrogens is 288 g/mol. The van der Waals surface area contributed by atoms with Crippen molar-refractivity contribution in [3.05, 3.63) is 47.2 Å². The molecule has 2 N–H and O–H groups in total. The second-order valence-electron chi connectivity index (χ2n) is 5.71. The Bertz CT molecular complexity index is 653. The van der Waals surface area contributed by atoms with E-state index in [1.165, 1.54) is 12.8 Å². The van der Waals surface area contributed by atoms with Gasteiger partial charge < -0.3 is 10.6 Å². The third kappa shape index (κ3) is 5.06. The Hall–Kier alpha value is -2.43. The average molecular weight is 312 g/mol. The summed E-state index contributed by atoms with van der Waals surface area (Å²) in [4.78, 5) is 12.3. The van der Waals surface area contributed by atoms with Crippen LogP contribution in [0.2, 0.25) is 0 Å². The number of carbonyl (C=O) groups is 1. The van der Waals surface area contributed by atoms with Crippen LogP contribution in [0.25, 0.3) is 0 Å². The molecule has 5 heteroatoms. The molecule has 1 amide bonds. The van der Waals surface area contributed by atoms with Crippen LogP contribution in [0.5, 0.6) is 0 Å². The maximum atomic E-state index is 12.3. The second-order valence-corrected chi connectivity index (χ2v) is 5.71. The molecule has 23 heavy (non-hydrogen) atoms. The zero-order valence-corrected chi connectivity index (χ0v) is 14.0. The highest BCUT2D eigenvalue weighted by molar-refractivity contribution is 6.03. The molecule has 0 atom stereocenters. The number of anilines is 2. The van der Waals surface area contributed by atoms with Gasteiger partial charge in [-0.3, -0.25) is 4.79 Å². The van der Waals surface area contributed by atoms with E-state index >= 15 is 0 Å². The number of hydrogen-bond acceptors (Lipinski definition) is 4. The lowest BCUT2D eigenvalue weighted by molar-refractivity contribution is 0.102. The summed E-state index contributed by atoms with van der Waals surface area (Å²) in [5, 5.41) is 14.1. The number of hydrogen-bond donors (Lipinski definition) is 2. The number of aromatic nitrogens is 2. The topological polar surface area (TPSA) is 66.9 Å². The van der Waals surface area contributed by atoms with Crippen molar-refractivity contribution >= 4 is 17.4 Å². The molecule has 1 aromatic carbocycles. The minimum Gasteiger partial charge on any atom is -0.369 e. The Morgan fingerprint density at radius 1 is 1.09 bits per heavy atom. The van der Waals surface area contributed by atoms with Gasteiger partial charge >= 0.3 is 0 Å². The van der Waals surface area contributed by atoms with Crippen molar-refractivity contribution in [3.63, 3.8) is 0 Å². The molecule has 2 aromatic rings. The van der Waals surface area contributed by atoms with Gasteiger partial charge in [0, 0.05) is 12.2 Å². The molecule has 1 heterocycles. The summed E-state index contributed by atoms with van der Waals surface area (Å²) < 4.78 is 0. The lowest BCUT2D eigenvalue weighted by Gasteiger charge is -2.09. The predicted octanol–water partition coefficient (Wildman–Crippen LogP) is 3.95. The van der Waals surface area contributed by atoms with E-state index in [-0.39, 0.29) is 5.91 Å². The zero-order chi connectivity index (χ0) is 16.7. The van der Waals surface area contributed by atoms with Gasteiger partial charge in [-0.05, 0) is 49.6 Å². The van der Waals surface area contributed by atoms with E-state index in [0.717, 1.165) is 29.8 Å². The normalized spacial score (nSPS) is 10.4. The van der Waals surface area contributed by atoms with Crippen molar-refractivity contribution in [1.29, 1.82) is 0 Å². The van der Waals surface area contributed by atoms with Gasteiger partial charge in [0.05, 0.1) is 0 Å². The van der Waals surface area contributed by atoms with E-state index in [2.05, 4.69) is 27.8 Å². The number of carbonyl (C=O) groups excluding carboxylic acids is 1. The number of nitrogens with one attached hydrogen (secondary N) is 2. The van der Waals surface area contributed by atoms with Crippen molar-refractivity contribution in [2.75, 3.05) is 17.2 Å².